The van der Waals surface area contributed by atoms with Gasteiger partial charge in [0, 0.05) is 15.3 Å². The molecule has 2 aromatic heterocycles. The summed E-state index contributed by atoms with van der Waals surface area (Å²) in [4.78, 5) is 2.77. The monoisotopic (exact) mass is 291 g/mol. The van der Waals surface area contributed by atoms with E-state index in [1.54, 1.807) is 0 Å². The van der Waals surface area contributed by atoms with Crippen LogP contribution in [0.4, 0.5) is 0 Å². The van der Waals surface area contributed by atoms with Crippen LogP contribution in [0.15, 0.2) is 16.5 Å². The van der Waals surface area contributed by atoms with Crippen LogP contribution in [0.25, 0.3) is 0 Å². The highest BCUT2D eigenvalue weighted by molar-refractivity contribution is 7.12. The van der Waals surface area contributed by atoms with E-state index >= 15 is 0 Å². The first-order valence-corrected chi connectivity index (χ1v) is 7.91. The summed E-state index contributed by atoms with van der Waals surface area (Å²) in [7, 11) is 2.02. The zero-order valence-corrected chi connectivity index (χ0v) is 14.4. The summed E-state index contributed by atoms with van der Waals surface area (Å²) < 4.78 is 5.79. The van der Waals surface area contributed by atoms with Crippen molar-refractivity contribution in [2.24, 2.45) is 0 Å². The molecule has 0 fully saturated rings. The van der Waals surface area contributed by atoms with Gasteiger partial charge < -0.3 is 9.73 Å². The molecule has 2 rings (SSSR count). The molecule has 0 aromatic carbocycles. The molecule has 2 heterocycles. The zero-order chi connectivity index (χ0) is 15.1. The lowest BCUT2D eigenvalue weighted by atomic mass is 9.95. The molecule has 0 radical (unpaired) electrons. The second-order valence-electron chi connectivity index (χ2n) is 6.43. The highest BCUT2D eigenvalue weighted by Gasteiger charge is 2.24. The van der Waals surface area contributed by atoms with Crippen LogP contribution in [-0.2, 0) is 5.41 Å². The maximum absolute atomic E-state index is 5.79. The van der Waals surface area contributed by atoms with Crippen LogP contribution in [0.3, 0.4) is 0 Å². The molecule has 0 saturated carbocycles. The van der Waals surface area contributed by atoms with Gasteiger partial charge in [0.15, 0.2) is 0 Å². The first-order valence-electron chi connectivity index (χ1n) is 7.09. The van der Waals surface area contributed by atoms with E-state index in [1.165, 1.54) is 20.9 Å². The van der Waals surface area contributed by atoms with E-state index in [4.69, 9.17) is 4.42 Å². The van der Waals surface area contributed by atoms with E-state index in [-0.39, 0.29) is 11.5 Å². The van der Waals surface area contributed by atoms with E-state index < -0.39 is 0 Å². The van der Waals surface area contributed by atoms with Crippen LogP contribution in [-0.4, -0.2) is 7.05 Å². The zero-order valence-electron chi connectivity index (χ0n) is 13.5. The van der Waals surface area contributed by atoms with Gasteiger partial charge in [0.2, 0.25) is 0 Å². The maximum atomic E-state index is 5.79. The fraction of sp³-hybridized carbons (Fsp3) is 0.529. The molecule has 0 bridgehead atoms. The number of hydrogen-bond acceptors (Lipinski definition) is 3. The fourth-order valence-corrected chi connectivity index (χ4v) is 3.76. The molecular formula is C17H25NOS. The van der Waals surface area contributed by atoms with Gasteiger partial charge in [0.25, 0.3) is 0 Å². The van der Waals surface area contributed by atoms with Gasteiger partial charge in [-0.25, -0.2) is 0 Å². The van der Waals surface area contributed by atoms with Gasteiger partial charge in [0.1, 0.15) is 11.5 Å². The predicted molar refractivity (Wildman–Crippen MR) is 86.8 cm³/mol. The predicted octanol–water partition coefficient (Wildman–Crippen LogP) is 4.87. The number of thiophene rings is 1. The summed E-state index contributed by atoms with van der Waals surface area (Å²) in [6.45, 7) is 13.0. The lowest BCUT2D eigenvalue weighted by Gasteiger charge is -2.17. The number of hydrogen-bond donors (Lipinski definition) is 1. The average molecular weight is 291 g/mol. The van der Waals surface area contributed by atoms with Gasteiger partial charge in [0.05, 0.1) is 6.04 Å². The SMILES string of the molecule is CNC(c1ccc(C(C)(C)C)s1)c1c(C)oc(C)c1C. The molecule has 1 atom stereocenters. The summed E-state index contributed by atoms with van der Waals surface area (Å²) in [5.74, 6) is 2.04. The van der Waals surface area contributed by atoms with Crippen LogP contribution in [0.5, 0.6) is 0 Å². The topological polar surface area (TPSA) is 25.2 Å². The molecule has 2 nitrogen and oxygen atoms in total. The molecule has 0 aliphatic carbocycles. The molecule has 1 N–H and O–H groups in total. The molecule has 0 spiro atoms. The minimum Gasteiger partial charge on any atom is -0.466 e. The highest BCUT2D eigenvalue weighted by Crippen LogP contribution is 2.37. The molecule has 0 amide bonds. The second-order valence-corrected chi connectivity index (χ2v) is 7.54. The van der Waals surface area contributed by atoms with Crippen LogP contribution in [0.1, 0.15) is 59.2 Å². The van der Waals surface area contributed by atoms with Crippen LogP contribution >= 0.6 is 11.3 Å². The summed E-state index contributed by atoms with van der Waals surface area (Å²) in [6, 6.07) is 4.71. The average Bonchev–Trinajstić information content (AvgIpc) is 2.91. The Morgan fingerprint density at radius 1 is 1.10 bits per heavy atom. The van der Waals surface area contributed by atoms with Crippen molar-refractivity contribution >= 4 is 11.3 Å². The van der Waals surface area contributed by atoms with Crippen molar-refractivity contribution in [2.75, 3.05) is 7.05 Å². The molecular weight excluding hydrogens is 266 g/mol. The number of rotatable bonds is 3. The highest BCUT2D eigenvalue weighted by atomic mass is 32.1. The number of furan rings is 1. The molecule has 1 unspecified atom stereocenters. The summed E-state index contributed by atoms with van der Waals surface area (Å²) >= 11 is 1.89. The van der Waals surface area contributed by atoms with Crippen molar-refractivity contribution in [3.63, 3.8) is 0 Å². The standard InChI is InChI=1S/C17H25NOS/c1-10-11(2)19-12(3)15(10)16(18-7)13-8-9-14(20-13)17(4,5)6/h8-9,16,18H,1-7H3. The van der Waals surface area contributed by atoms with Gasteiger partial charge in [-0.15, -0.1) is 11.3 Å². The maximum Gasteiger partial charge on any atom is 0.106 e. The van der Waals surface area contributed by atoms with Crippen molar-refractivity contribution in [2.45, 2.75) is 53.0 Å². The van der Waals surface area contributed by atoms with Crippen molar-refractivity contribution in [3.05, 3.63) is 44.5 Å². The Kier molecular flexibility index (Phi) is 4.12. The van der Waals surface area contributed by atoms with E-state index in [2.05, 4.69) is 52.1 Å². The molecule has 2 aromatic rings. The van der Waals surface area contributed by atoms with Gasteiger partial charge in [-0.05, 0) is 50.9 Å². The molecule has 110 valence electrons. The van der Waals surface area contributed by atoms with Gasteiger partial charge in [-0.3, -0.25) is 0 Å². The molecule has 0 saturated heterocycles. The third-order valence-corrected chi connectivity index (χ3v) is 5.42. The smallest absolute Gasteiger partial charge is 0.106 e. The normalized spacial score (nSPS) is 13.8. The second kappa shape index (κ2) is 5.38. The summed E-state index contributed by atoms with van der Waals surface area (Å²) in [5, 5.41) is 3.44. The molecule has 0 aliphatic heterocycles. The van der Waals surface area contributed by atoms with Crippen molar-refractivity contribution < 1.29 is 4.42 Å². The van der Waals surface area contributed by atoms with E-state index in [1.807, 2.05) is 25.3 Å². The van der Waals surface area contributed by atoms with E-state index in [0.717, 1.165) is 11.5 Å². The lowest BCUT2D eigenvalue weighted by molar-refractivity contribution is 0.496. The quantitative estimate of drug-likeness (QED) is 0.872. The Morgan fingerprint density at radius 2 is 1.75 bits per heavy atom. The summed E-state index contributed by atoms with van der Waals surface area (Å²) in [6.07, 6.45) is 0. The number of nitrogens with one attached hydrogen (secondary N) is 1. The van der Waals surface area contributed by atoms with Gasteiger partial charge in [-0.1, -0.05) is 20.8 Å². The molecule has 0 aliphatic rings. The minimum absolute atomic E-state index is 0.206. The summed E-state index contributed by atoms with van der Waals surface area (Å²) in [5.41, 5.74) is 2.75. The largest absolute Gasteiger partial charge is 0.466 e. The van der Waals surface area contributed by atoms with Crippen molar-refractivity contribution in [1.82, 2.24) is 5.32 Å². The van der Waals surface area contributed by atoms with Crippen LogP contribution in [0.2, 0.25) is 0 Å². The lowest BCUT2D eigenvalue weighted by Crippen LogP contribution is -2.17. The Morgan fingerprint density at radius 3 is 2.15 bits per heavy atom. The third-order valence-electron chi connectivity index (χ3n) is 3.85. The van der Waals surface area contributed by atoms with E-state index in [9.17, 15) is 0 Å². The molecule has 3 heteroatoms. The first kappa shape index (κ1) is 15.3. The Balaban J connectivity index is 2.45. The van der Waals surface area contributed by atoms with Crippen LogP contribution in [0, 0.1) is 20.8 Å². The Hall–Kier alpha value is -1.06. The Labute approximate surface area is 126 Å². The van der Waals surface area contributed by atoms with Gasteiger partial charge in [-0.2, -0.15) is 0 Å². The number of aryl methyl sites for hydroxylation is 2. The van der Waals surface area contributed by atoms with Crippen molar-refractivity contribution in [1.29, 1.82) is 0 Å². The van der Waals surface area contributed by atoms with Crippen LogP contribution < -0.4 is 5.32 Å². The van der Waals surface area contributed by atoms with E-state index in [0.29, 0.717) is 0 Å². The molecule has 20 heavy (non-hydrogen) atoms. The fourth-order valence-electron chi connectivity index (χ4n) is 2.57. The third kappa shape index (κ3) is 2.70. The van der Waals surface area contributed by atoms with Crippen molar-refractivity contribution in [3.8, 4) is 0 Å². The minimum atomic E-state index is 0.206. The first-order chi connectivity index (χ1) is 9.25. The Bertz CT molecular complexity index is 601. The van der Waals surface area contributed by atoms with Gasteiger partial charge >= 0.3 is 0 Å².